The van der Waals surface area contributed by atoms with Gasteiger partial charge in [-0.1, -0.05) is 26.8 Å². The number of sulfonamides is 1. The second-order valence-corrected chi connectivity index (χ2v) is 7.92. The van der Waals surface area contributed by atoms with Gasteiger partial charge in [0.05, 0.1) is 4.90 Å². The van der Waals surface area contributed by atoms with E-state index >= 15 is 0 Å². The number of hydrogen-bond donors (Lipinski definition) is 2. The van der Waals surface area contributed by atoms with Gasteiger partial charge < -0.3 is 5.32 Å². The van der Waals surface area contributed by atoms with E-state index in [1.807, 2.05) is 33.8 Å². The van der Waals surface area contributed by atoms with Gasteiger partial charge in [-0.15, -0.1) is 0 Å². The Balaban J connectivity index is 3.12. The highest BCUT2D eigenvalue weighted by molar-refractivity contribution is 9.10. The molecule has 0 fully saturated rings. The molecule has 0 atom stereocenters. The summed E-state index contributed by atoms with van der Waals surface area (Å²) in [7, 11) is -3.55. The molecule has 0 saturated carbocycles. The summed E-state index contributed by atoms with van der Waals surface area (Å²) in [6, 6.07) is 5.43. The van der Waals surface area contributed by atoms with Crippen molar-refractivity contribution in [2.45, 2.75) is 57.5 Å². The van der Waals surface area contributed by atoms with E-state index in [1.54, 1.807) is 12.1 Å². The topological polar surface area (TPSA) is 58.2 Å². The summed E-state index contributed by atoms with van der Waals surface area (Å²) in [6.07, 6.45) is 1.49. The molecule has 0 aliphatic carbocycles. The minimum Gasteiger partial charge on any atom is -0.313 e. The summed E-state index contributed by atoms with van der Waals surface area (Å²) in [5.41, 5.74) is 0.533. The zero-order chi connectivity index (χ0) is 16.1. The Morgan fingerprint density at radius 3 is 2.33 bits per heavy atom. The first-order chi connectivity index (χ1) is 9.78. The van der Waals surface area contributed by atoms with Gasteiger partial charge in [0, 0.05) is 16.6 Å². The maximum atomic E-state index is 12.7. The van der Waals surface area contributed by atoms with Crippen LogP contribution in [0.2, 0.25) is 0 Å². The Labute approximate surface area is 136 Å². The van der Waals surface area contributed by atoms with E-state index in [0.717, 1.165) is 24.9 Å². The van der Waals surface area contributed by atoms with Crippen molar-refractivity contribution in [3.8, 4) is 0 Å². The van der Waals surface area contributed by atoms with Crippen LogP contribution in [0.5, 0.6) is 0 Å². The Morgan fingerprint density at radius 2 is 1.81 bits per heavy atom. The van der Waals surface area contributed by atoms with Crippen molar-refractivity contribution in [2.75, 3.05) is 6.54 Å². The summed E-state index contributed by atoms with van der Waals surface area (Å²) >= 11 is 3.35. The van der Waals surface area contributed by atoms with Gasteiger partial charge in [-0.2, -0.15) is 0 Å². The van der Waals surface area contributed by atoms with Crippen LogP contribution in [0.3, 0.4) is 0 Å². The average Bonchev–Trinajstić information content (AvgIpc) is 2.45. The fourth-order valence-corrected chi connectivity index (χ4v) is 4.47. The van der Waals surface area contributed by atoms with E-state index in [2.05, 4.69) is 26.0 Å². The molecule has 1 rings (SSSR count). The Bertz CT molecular complexity index is 569. The van der Waals surface area contributed by atoms with Gasteiger partial charge in [-0.05, 0) is 59.9 Å². The predicted octanol–water partition coefficient (Wildman–Crippen LogP) is 3.42. The van der Waals surface area contributed by atoms with Crippen LogP contribution in [0.25, 0.3) is 0 Å². The van der Waals surface area contributed by atoms with Crippen LogP contribution in [-0.4, -0.2) is 20.5 Å². The smallest absolute Gasteiger partial charge is 0.242 e. The Kier molecular flexibility index (Phi) is 6.84. The van der Waals surface area contributed by atoms with Crippen molar-refractivity contribution < 1.29 is 8.42 Å². The lowest BCUT2D eigenvalue weighted by Gasteiger charge is -2.28. The van der Waals surface area contributed by atoms with Crippen LogP contribution in [0.4, 0.5) is 0 Å². The molecule has 0 aromatic heterocycles. The van der Waals surface area contributed by atoms with Crippen LogP contribution < -0.4 is 10.0 Å². The first-order valence-electron chi connectivity index (χ1n) is 7.31. The van der Waals surface area contributed by atoms with Gasteiger partial charge in [0.25, 0.3) is 0 Å². The van der Waals surface area contributed by atoms with Crippen LogP contribution >= 0.6 is 15.9 Å². The van der Waals surface area contributed by atoms with E-state index in [0.29, 0.717) is 15.9 Å². The molecule has 0 bridgehead atoms. The van der Waals surface area contributed by atoms with Crippen LogP contribution in [-0.2, 0) is 16.6 Å². The molecular weight excluding hydrogens is 352 g/mol. The van der Waals surface area contributed by atoms with Crippen molar-refractivity contribution in [3.63, 3.8) is 0 Å². The Morgan fingerprint density at radius 1 is 1.19 bits per heavy atom. The lowest BCUT2D eigenvalue weighted by Crippen LogP contribution is -2.44. The minimum atomic E-state index is -3.55. The summed E-state index contributed by atoms with van der Waals surface area (Å²) < 4.78 is 28.7. The second-order valence-electron chi connectivity index (χ2n) is 5.42. The van der Waals surface area contributed by atoms with Gasteiger partial charge in [-0.25, -0.2) is 13.1 Å². The molecule has 0 heterocycles. The van der Waals surface area contributed by atoms with Gasteiger partial charge in [0.2, 0.25) is 10.0 Å². The molecule has 0 aliphatic heterocycles. The summed E-state index contributed by atoms with van der Waals surface area (Å²) in [4.78, 5) is 0.297. The second kappa shape index (κ2) is 7.72. The molecule has 0 saturated heterocycles. The van der Waals surface area contributed by atoms with Gasteiger partial charge >= 0.3 is 0 Å². The first kappa shape index (κ1) is 18.6. The van der Waals surface area contributed by atoms with Crippen molar-refractivity contribution in [1.82, 2.24) is 10.0 Å². The van der Waals surface area contributed by atoms with Crippen molar-refractivity contribution in [1.29, 1.82) is 0 Å². The number of rotatable bonds is 8. The van der Waals surface area contributed by atoms with E-state index in [1.165, 1.54) is 0 Å². The zero-order valence-corrected chi connectivity index (χ0v) is 15.6. The number of nitrogens with one attached hydrogen (secondary N) is 2. The Hall–Kier alpha value is -0.430. The normalized spacial score (nSPS) is 12.6. The lowest BCUT2D eigenvalue weighted by atomic mass is 9.98. The maximum absolute atomic E-state index is 12.7. The van der Waals surface area contributed by atoms with Crippen molar-refractivity contribution in [2.24, 2.45) is 0 Å². The van der Waals surface area contributed by atoms with Crippen LogP contribution in [0.15, 0.2) is 27.6 Å². The highest BCUT2D eigenvalue weighted by atomic mass is 79.9. The van der Waals surface area contributed by atoms with Gasteiger partial charge in [0.15, 0.2) is 0 Å². The van der Waals surface area contributed by atoms with Crippen LogP contribution in [0.1, 0.15) is 46.1 Å². The monoisotopic (exact) mass is 376 g/mol. The third-order valence-corrected chi connectivity index (χ3v) is 6.44. The summed E-state index contributed by atoms with van der Waals surface area (Å²) in [5.74, 6) is 0. The fourth-order valence-electron chi connectivity index (χ4n) is 1.91. The molecule has 0 amide bonds. The maximum Gasteiger partial charge on any atom is 0.242 e. The summed E-state index contributed by atoms with van der Waals surface area (Å²) in [5, 5.41) is 3.20. The van der Waals surface area contributed by atoms with Crippen LogP contribution in [0, 0.1) is 0 Å². The van der Waals surface area contributed by atoms with Crippen molar-refractivity contribution >= 4 is 26.0 Å². The predicted molar refractivity (Wildman–Crippen MR) is 90.8 cm³/mol. The molecular formula is C15H25BrN2O2S. The quantitative estimate of drug-likeness (QED) is 0.730. The SMILES string of the molecule is CCNCc1ccc(Br)c(S(=O)(=O)NC(C)(CC)CC)c1. The van der Waals surface area contributed by atoms with Gasteiger partial charge in [0.1, 0.15) is 0 Å². The molecule has 0 aliphatic rings. The molecule has 4 nitrogen and oxygen atoms in total. The van der Waals surface area contributed by atoms with E-state index < -0.39 is 15.6 Å². The van der Waals surface area contributed by atoms with E-state index in [9.17, 15) is 8.42 Å². The molecule has 1 aromatic rings. The van der Waals surface area contributed by atoms with E-state index in [4.69, 9.17) is 0 Å². The third-order valence-electron chi connectivity index (χ3n) is 3.81. The molecule has 120 valence electrons. The molecule has 0 unspecified atom stereocenters. The first-order valence-corrected chi connectivity index (χ1v) is 9.58. The minimum absolute atomic E-state index is 0.297. The zero-order valence-electron chi connectivity index (χ0n) is 13.2. The molecule has 2 N–H and O–H groups in total. The number of hydrogen-bond acceptors (Lipinski definition) is 3. The highest BCUT2D eigenvalue weighted by Gasteiger charge is 2.28. The summed E-state index contributed by atoms with van der Waals surface area (Å²) in [6.45, 7) is 9.43. The molecule has 0 radical (unpaired) electrons. The molecule has 6 heteroatoms. The molecule has 21 heavy (non-hydrogen) atoms. The number of benzene rings is 1. The lowest BCUT2D eigenvalue weighted by molar-refractivity contribution is 0.388. The number of halogens is 1. The third kappa shape index (κ3) is 5.06. The van der Waals surface area contributed by atoms with Gasteiger partial charge in [-0.3, -0.25) is 0 Å². The van der Waals surface area contributed by atoms with E-state index in [-0.39, 0.29) is 0 Å². The standard InChI is InChI=1S/C15H25BrN2O2S/c1-5-15(4,6-2)18-21(19,20)14-10-12(11-17-7-3)8-9-13(14)16/h8-10,17-18H,5-7,11H2,1-4H3. The largest absolute Gasteiger partial charge is 0.313 e. The molecule has 0 spiro atoms. The highest BCUT2D eigenvalue weighted by Crippen LogP contribution is 2.26. The average molecular weight is 377 g/mol. The van der Waals surface area contributed by atoms with Crippen molar-refractivity contribution in [3.05, 3.63) is 28.2 Å². The molecule has 1 aromatic carbocycles. The fraction of sp³-hybridized carbons (Fsp3) is 0.600.